The molecule has 0 saturated carbocycles. The van der Waals surface area contributed by atoms with E-state index in [9.17, 15) is 4.79 Å². The molecule has 0 aliphatic carbocycles. The second-order valence-corrected chi connectivity index (χ2v) is 6.14. The molecule has 1 aliphatic rings. The highest BCUT2D eigenvalue weighted by Gasteiger charge is 2.24. The van der Waals surface area contributed by atoms with Gasteiger partial charge in [0.2, 0.25) is 0 Å². The molecule has 0 radical (unpaired) electrons. The van der Waals surface area contributed by atoms with E-state index in [2.05, 4.69) is 10.4 Å². The summed E-state index contributed by atoms with van der Waals surface area (Å²) in [6, 6.07) is 7.92. The van der Waals surface area contributed by atoms with Crippen molar-refractivity contribution >= 4 is 6.03 Å². The van der Waals surface area contributed by atoms with Crippen LogP contribution in [0.15, 0.2) is 24.3 Å². The number of methoxy groups -OCH3 is 1. The van der Waals surface area contributed by atoms with Gasteiger partial charge in [0, 0.05) is 20.1 Å². The molecule has 2 amide bonds. The number of aryl methyl sites for hydroxylation is 2. The van der Waals surface area contributed by atoms with Crippen LogP contribution in [0.25, 0.3) is 0 Å². The highest BCUT2D eigenvalue weighted by atomic mass is 16.5. The maximum atomic E-state index is 12.4. The number of rotatable bonds is 4. The number of hydrogen-bond donors (Lipinski definition) is 1. The van der Waals surface area contributed by atoms with Crippen LogP contribution in [-0.2, 0) is 26.4 Å². The van der Waals surface area contributed by atoms with Crippen LogP contribution in [0.3, 0.4) is 0 Å². The number of aromatic nitrogens is 2. The molecule has 0 atom stereocenters. The molecule has 6 nitrogen and oxygen atoms in total. The summed E-state index contributed by atoms with van der Waals surface area (Å²) < 4.78 is 7.04. The summed E-state index contributed by atoms with van der Waals surface area (Å²) in [6.45, 7) is 4.03. The van der Waals surface area contributed by atoms with E-state index in [1.165, 1.54) is 11.1 Å². The van der Waals surface area contributed by atoms with Crippen molar-refractivity contribution < 1.29 is 9.53 Å². The van der Waals surface area contributed by atoms with Crippen LogP contribution >= 0.6 is 0 Å². The van der Waals surface area contributed by atoms with Gasteiger partial charge in [0.25, 0.3) is 0 Å². The Morgan fingerprint density at radius 2 is 2.08 bits per heavy atom. The molecule has 24 heavy (non-hydrogen) atoms. The van der Waals surface area contributed by atoms with Crippen molar-refractivity contribution in [3.05, 3.63) is 46.8 Å². The zero-order valence-electron chi connectivity index (χ0n) is 14.5. The van der Waals surface area contributed by atoms with Crippen LogP contribution in [0.1, 0.15) is 22.5 Å². The molecule has 3 rings (SSSR count). The van der Waals surface area contributed by atoms with Gasteiger partial charge in [-0.05, 0) is 43.0 Å². The fourth-order valence-electron chi connectivity index (χ4n) is 3.17. The largest absolute Gasteiger partial charge is 0.497 e. The van der Waals surface area contributed by atoms with Gasteiger partial charge < -0.3 is 15.0 Å². The van der Waals surface area contributed by atoms with Crippen molar-refractivity contribution in [2.75, 3.05) is 20.2 Å². The van der Waals surface area contributed by atoms with E-state index in [0.29, 0.717) is 13.1 Å². The van der Waals surface area contributed by atoms with Crippen LogP contribution in [0.4, 0.5) is 4.79 Å². The number of nitrogens with one attached hydrogen (secondary N) is 1. The minimum atomic E-state index is -0.00647. The van der Waals surface area contributed by atoms with Gasteiger partial charge in [-0.2, -0.15) is 5.10 Å². The molecule has 0 spiro atoms. The highest BCUT2D eigenvalue weighted by molar-refractivity contribution is 5.74. The van der Waals surface area contributed by atoms with Gasteiger partial charge >= 0.3 is 6.03 Å². The number of nitrogens with zero attached hydrogens (tertiary/aromatic N) is 3. The SMILES string of the molecule is COc1ccc(CCNC(=O)N2CCc3c(C)nn(C)c3C2)cc1. The first-order valence-electron chi connectivity index (χ1n) is 8.25. The fourth-order valence-corrected chi connectivity index (χ4v) is 3.17. The van der Waals surface area contributed by atoms with E-state index < -0.39 is 0 Å². The second kappa shape index (κ2) is 6.95. The molecule has 1 aromatic heterocycles. The standard InChI is InChI=1S/C18H24N4O2/c1-13-16-9-11-22(12-17(16)21(2)20-13)18(23)19-10-8-14-4-6-15(24-3)7-5-14/h4-7H,8-12H2,1-3H3,(H,19,23). The molecule has 2 aromatic rings. The van der Waals surface area contributed by atoms with Crippen molar-refractivity contribution in [2.45, 2.75) is 26.3 Å². The van der Waals surface area contributed by atoms with Crippen molar-refractivity contribution in [3.8, 4) is 5.75 Å². The second-order valence-electron chi connectivity index (χ2n) is 6.14. The first kappa shape index (κ1) is 16.4. The molecule has 0 unspecified atom stereocenters. The molecular weight excluding hydrogens is 304 g/mol. The van der Waals surface area contributed by atoms with Gasteiger partial charge in [0.05, 0.1) is 25.0 Å². The molecule has 1 N–H and O–H groups in total. The van der Waals surface area contributed by atoms with E-state index in [4.69, 9.17) is 4.74 Å². The maximum absolute atomic E-state index is 12.4. The van der Waals surface area contributed by atoms with Gasteiger partial charge in [-0.15, -0.1) is 0 Å². The van der Waals surface area contributed by atoms with E-state index in [-0.39, 0.29) is 6.03 Å². The smallest absolute Gasteiger partial charge is 0.317 e. The van der Waals surface area contributed by atoms with Crippen molar-refractivity contribution in [1.29, 1.82) is 0 Å². The molecule has 0 bridgehead atoms. The first-order valence-corrected chi connectivity index (χ1v) is 8.25. The summed E-state index contributed by atoms with van der Waals surface area (Å²) in [5.41, 5.74) is 4.69. The molecule has 6 heteroatoms. The van der Waals surface area contributed by atoms with Crippen molar-refractivity contribution in [2.24, 2.45) is 7.05 Å². The van der Waals surface area contributed by atoms with Crippen LogP contribution in [-0.4, -0.2) is 40.9 Å². The molecule has 0 saturated heterocycles. The third-order valence-corrected chi connectivity index (χ3v) is 4.58. The highest BCUT2D eigenvalue weighted by Crippen LogP contribution is 2.21. The van der Waals surface area contributed by atoms with E-state index in [0.717, 1.165) is 36.5 Å². The average Bonchev–Trinajstić information content (AvgIpc) is 2.89. The molecular formula is C18H24N4O2. The Bertz CT molecular complexity index is 721. The minimum Gasteiger partial charge on any atom is -0.497 e. The third kappa shape index (κ3) is 3.37. The molecule has 0 fully saturated rings. The van der Waals surface area contributed by atoms with E-state index >= 15 is 0 Å². The van der Waals surface area contributed by atoms with Crippen molar-refractivity contribution in [3.63, 3.8) is 0 Å². The number of carbonyl (C=O) groups excluding carboxylic acids is 1. The summed E-state index contributed by atoms with van der Waals surface area (Å²) in [4.78, 5) is 14.2. The molecule has 2 heterocycles. The Hall–Kier alpha value is -2.50. The summed E-state index contributed by atoms with van der Waals surface area (Å²) >= 11 is 0. The van der Waals surface area contributed by atoms with E-state index in [1.54, 1.807) is 7.11 Å². The lowest BCUT2D eigenvalue weighted by atomic mass is 10.1. The Kier molecular flexibility index (Phi) is 4.74. The Labute approximate surface area is 142 Å². The average molecular weight is 328 g/mol. The summed E-state index contributed by atoms with van der Waals surface area (Å²) in [6.07, 6.45) is 1.68. The lowest BCUT2D eigenvalue weighted by Gasteiger charge is -2.27. The Morgan fingerprint density at radius 3 is 2.79 bits per heavy atom. The lowest BCUT2D eigenvalue weighted by Crippen LogP contribution is -2.43. The molecule has 1 aromatic carbocycles. The van der Waals surface area contributed by atoms with Gasteiger partial charge in [0.1, 0.15) is 5.75 Å². The third-order valence-electron chi connectivity index (χ3n) is 4.58. The Morgan fingerprint density at radius 1 is 1.33 bits per heavy atom. The Balaban J connectivity index is 1.51. The number of carbonyl (C=O) groups is 1. The van der Waals surface area contributed by atoms with Crippen molar-refractivity contribution in [1.82, 2.24) is 20.0 Å². The van der Waals surface area contributed by atoms with Crippen LogP contribution < -0.4 is 10.1 Å². The molecule has 128 valence electrons. The predicted molar refractivity (Wildman–Crippen MR) is 92.2 cm³/mol. The normalized spacial score (nSPS) is 13.5. The van der Waals surface area contributed by atoms with Gasteiger partial charge in [-0.25, -0.2) is 4.79 Å². The summed E-state index contributed by atoms with van der Waals surface area (Å²) in [7, 11) is 3.60. The quantitative estimate of drug-likeness (QED) is 0.934. The van der Waals surface area contributed by atoms with Crippen LogP contribution in [0.5, 0.6) is 5.75 Å². The number of ether oxygens (including phenoxy) is 1. The topological polar surface area (TPSA) is 59.4 Å². The number of fused-ring (bicyclic) bond motifs is 1. The lowest BCUT2D eigenvalue weighted by molar-refractivity contribution is 0.191. The predicted octanol–water partition coefficient (Wildman–Crippen LogP) is 2.05. The zero-order valence-corrected chi connectivity index (χ0v) is 14.5. The van der Waals surface area contributed by atoms with Gasteiger partial charge in [0.15, 0.2) is 0 Å². The van der Waals surface area contributed by atoms with Gasteiger partial charge in [-0.1, -0.05) is 12.1 Å². The van der Waals surface area contributed by atoms with Gasteiger partial charge in [-0.3, -0.25) is 4.68 Å². The maximum Gasteiger partial charge on any atom is 0.317 e. The number of urea groups is 1. The number of benzene rings is 1. The van der Waals surface area contributed by atoms with Crippen LogP contribution in [0.2, 0.25) is 0 Å². The molecule has 1 aliphatic heterocycles. The summed E-state index contributed by atoms with van der Waals surface area (Å²) in [5, 5.41) is 7.46. The van der Waals surface area contributed by atoms with E-state index in [1.807, 2.05) is 47.8 Å². The zero-order chi connectivity index (χ0) is 17.1. The number of amides is 2. The van der Waals surface area contributed by atoms with Crippen LogP contribution in [0, 0.1) is 6.92 Å². The first-order chi connectivity index (χ1) is 11.6. The monoisotopic (exact) mass is 328 g/mol. The fraction of sp³-hybridized carbons (Fsp3) is 0.444. The number of hydrogen-bond acceptors (Lipinski definition) is 3. The minimum absolute atomic E-state index is 0.00647. The summed E-state index contributed by atoms with van der Waals surface area (Å²) in [5.74, 6) is 0.846.